The lowest BCUT2D eigenvalue weighted by atomic mass is 11.5. The van der Waals surface area contributed by atoms with Gasteiger partial charge in [-0.3, -0.25) is 10.1 Å². The molecule has 0 spiro atoms. The molecule has 3 N–H and O–H groups in total. The summed E-state index contributed by atoms with van der Waals surface area (Å²) in [6.45, 7) is 0. The molecule has 0 amide bonds. The topological polar surface area (TPSA) is 94.9 Å². The minimum atomic E-state index is -0.500. The van der Waals surface area contributed by atoms with Crippen LogP contribution in [0, 0.1) is 10.1 Å². The number of aliphatic hydroxyl groups is 1. The number of nitro groups is 1. The standard InChI is InChI=1S/CH3NO2.CH4O.H2O/c1-2(3)4;1-2;/h1H3;2H,1H3;1H2. The SMILES string of the molecule is CO.C[N+](=O)[O-].O. The van der Waals surface area contributed by atoms with Crippen molar-refractivity contribution in [3.05, 3.63) is 10.1 Å². The van der Waals surface area contributed by atoms with Gasteiger partial charge < -0.3 is 10.6 Å². The van der Waals surface area contributed by atoms with E-state index in [1.807, 2.05) is 0 Å². The third kappa shape index (κ3) is 127. The molecule has 0 fully saturated rings. The van der Waals surface area contributed by atoms with Crippen LogP contribution in [0.1, 0.15) is 0 Å². The van der Waals surface area contributed by atoms with E-state index in [9.17, 15) is 0 Å². The van der Waals surface area contributed by atoms with E-state index in [1.54, 1.807) is 0 Å². The van der Waals surface area contributed by atoms with Crippen LogP contribution < -0.4 is 0 Å². The first-order valence-electron chi connectivity index (χ1n) is 1.26. The van der Waals surface area contributed by atoms with Crippen molar-refractivity contribution in [1.29, 1.82) is 0 Å². The van der Waals surface area contributed by atoms with Gasteiger partial charge in [-0.15, -0.1) is 0 Å². The van der Waals surface area contributed by atoms with Crippen molar-refractivity contribution in [2.75, 3.05) is 14.2 Å². The molecule has 0 aliphatic rings. The number of aliphatic hydroxyl groups excluding tert-OH is 1. The summed E-state index contributed by atoms with van der Waals surface area (Å²) in [5, 5.41) is 15.8. The smallest absolute Gasteiger partial charge is 0.194 e. The van der Waals surface area contributed by atoms with Gasteiger partial charge in [0.05, 0.1) is 0 Å². The Bertz CT molecular complexity index is 32.7. The Kier molecular flexibility index (Phi) is 42.8. The molecule has 0 aromatic carbocycles. The maximum Gasteiger partial charge on any atom is 0.194 e. The molecule has 0 aliphatic heterocycles. The summed E-state index contributed by atoms with van der Waals surface area (Å²) in [6, 6.07) is 0. The highest BCUT2D eigenvalue weighted by Crippen LogP contribution is 1.39. The van der Waals surface area contributed by atoms with E-state index in [1.165, 1.54) is 0 Å². The van der Waals surface area contributed by atoms with Crippen LogP contribution >= 0.6 is 0 Å². The molecule has 0 saturated carbocycles. The summed E-state index contributed by atoms with van der Waals surface area (Å²) in [6.07, 6.45) is 0. The van der Waals surface area contributed by atoms with E-state index in [-0.39, 0.29) is 5.48 Å². The van der Waals surface area contributed by atoms with Crippen molar-refractivity contribution in [1.82, 2.24) is 0 Å². The van der Waals surface area contributed by atoms with Crippen molar-refractivity contribution < 1.29 is 15.5 Å². The van der Waals surface area contributed by atoms with Gasteiger partial charge in [-0.1, -0.05) is 0 Å². The summed E-state index contributed by atoms with van der Waals surface area (Å²) < 4.78 is 0. The van der Waals surface area contributed by atoms with Crippen molar-refractivity contribution in [3.63, 3.8) is 0 Å². The van der Waals surface area contributed by atoms with Crippen molar-refractivity contribution in [2.45, 2.75) is 0 Å². The zero-order chi connectivity index (χ0) is 5.58. The first kappa shape index (κ1) is 16.2. The Morgan fingerprint density at radius 2 is 1.57 bits per heavy atom. The molecule has 0 heterocycles. The second kappa shape index (κ2) is 18.4. The van der Waals surface area contributed by atoms with Crippen LogP contribution in [0.15, 0.2) is 0 Å². The highest BCUT2D eigenvalue weighted by Gasteiger charge is 1.57. The Morgan fingerprint density at radius 3 is 1.57 bits per heavy atom. The average molecular weight is 111 g/mol. The van der Waals surface area contributed by atoms with Crippen LogP contribution in [0.5, 0.6) is 0 Å². The first-order chi connectivity index (χ1) is 2.73. The summed E-state index contributed by atoms with van der Waals surface area (Å²) in [7, 11) is 1.89. The summed E-state index contributed by atoms with van der Waals surface area (Å²) in [5.41, 5.74) is 0. The van der Waals surface area contributed by atoms with E-state index in [0.717, 1.165) is 14.2 Å². The molecule has 0 rings (SSSR count). The second-order valence-electron chi connectivity index (χ2n) is 0.440. The molecule has 0 radical (unpaired) electrons. The van der Waals surface area contributed by atoms with Gasteiger partial charge in [-0.05, 0) is 0 Å². The third-order valence-corrected chi connectivity index (χ3v) is 0. The summed E-state index contributed by atoms with van der Waals surface area (Å²) in [5.74, 6) is 0. The number of hydrogen-bond donors (Lipinski definition) is 1. The fraction of sp³-hybridized carbons (Fsp3) is 1.00. The maximum atomic E-state index is 8.81. The van der Waals surface area contributed by atoms with Gasteiger partial charge >= 0.3 is 0 Å². The molecule has 5 nitrogen and oxygen atoms in total. The van der Waals surface area contributed by atoms with Gasteiger partial charge in [0.25, 0.3) is 0 Å². The molecule has 0 aliphatic carbocycles. The first-order valence-corrected chi connectivity index (χ1v) is 1.26. The monoisotopic (exact) mass is 111 g/mol. The van der Waals surface area contributed by atoms with E-state index in [0.29, 0.717) is 0 Å². The Balaban J connectivity index is -0.0000000480. The lowest BCUT2D eigenvalue weighted by Crippen LogP contribution is -1.79. The minimum Gasteiger partial charge on any atom is -0.412 e. The van der Waals surface area contributed by atoms with Gasteiger partial charge in [-0.25, -0.2) is 0 Å². The molecule has 46 valence electrons. The van der Waals surface area contributed by atoms with E-state index < -0.39 is 4.92 Å². The van der Waals surface area contributed by atoms with Crippen molar-refractivity contribution >= 4 is 0 Å². The minimum absolute atomic E-state index is 0. The summed E-state index contributed by atoms with van der Waals surface area (Å²) >= 11 is 0. The molecule has 5 heteroatoms. The Labute approximate surface area is 41.0 Å². The molecular formula is C2H9NO4. The van der Waals surface area contributed by atoms with Crippen molar-refractivity contribution in [3.8, 4) is 0 Å². The molecule has 0 saturated heterocycles. The van der Waals surface area contributed by atoms with Crippen LogP contribution in [-0.4, -0.2) is 29.7 Å². The maximum absolute atomic E-state index is 8.81. The van der Waals surface area contributed by atoms with E-state index in [4.69, 9.17) is 15.2 Å². The summed E-state index contributed by atoms with van der Waals surface area (Å²) in [4.78, 5) is 8.31. The molecular weight excluding hydrogens is 102 g/mol. The molecule has 0 aromatic rings. The quantitative estimate of drug-likeness (QED) is 0.310. The van der Waals surface area contributed by atoms with Crippen LogP contribution in [-0.2, 0) is 0 Å². The van der Waals surface area contributed by atoms with Gasteiger partial charge in [0.2, 0.25) is 0 Å². The highest BCUT2D eigenvalue weighted by atomic mass is 16.6. The molecule has 0 bridgehead atoms. The molecule has 0 atom stereocenters. The van der Waals surface area contributed by atoms with Crippen molar-refractivity contribution in [2.24, 2.45) is 0 Å². The second-order valence-corrected chi connectivity index (χ2v) is 0.440. The Morgan fingerprint density at radius 1 is 1.57 bits per heavy atom. The van der Waals surface area contributed by atoms with Gasteiger partial charge in [0.1, 0.15) is 0 Å². The average Bonchev–Trinajstić information content (AvgIpc) is 1.41. The lowest BCUT2D eigenvalue weighted by molar-refractivity contribution is -0.445. The number of rotatable bonds is 0. The largest absolute Gasteiger partial charge is 0.412 e. The lowest BCUT2D eigenvalue weighted by Gasteiger charge is -1.63. The Hall–Kier alpha value is -0.680. The fourth-order valence-corrected chi connectivity index (χ4v) is 0. The highest BCUT2D eigenvalue weighted by molar-refractivity contribution is 3.91. The number of hydrogen-bond acceptors (Lipinski definition) is 3. The van der Waals surface area contributed by atoms with Gasteiger partial charge in [0.15, 0.2) is 7.05 Å². The number of nitrogens with zero attached hydrogens (tertiary/aromatic N) is 1. The normalized spacial score (nSPS) is 4.43. The van der Waals surface area contributed by atoms with Crippen LogP contribution in [0.4, 0.5) is 0 Å². The van der Waals surface area contributed by atoms with Crippen LogP contribution in [0.3, 0.4) is 0 Å². The fourth-order valence-electron chi connectivity index (χ4n) is 0. The predicted molar refractivity (Wildman–Crippen MR) is 24.7 cm³/mol. The van der Waals surface area contributed by atoms with Crippen LogP contribution in [0.25, 0.3) is 0 Å². The van der Waals surface area contributed by atoms with E-state index in [2.05, 4.69) is 0 Å². The third-order valence-electron chi connectivity index (χ3n) is 0. The predicted octanol–water partition coefficient (Wildman–Crippen LogP) is -1.32. The van der Waals surface area contributed by atoms with Crippen LogP contribution in [0.2, 0.25) is 0 Å². The molecule has 0 aromatic heterocycles. The van der Waals surface area contributed by atoms with Gasteiger partial charge in [0, 0.05) is 12.0 Å². The zero-order valence-electron chi connectivity index (χ0n) is 4.21. The van der Waals surface area contributed by atoms with Gasteiger partial charge in [-0.2, -0.15) is 0 Å². The molecule has 0 unspecified atom stereocenters. The zero-order valence-corrected chi connectivity index (χ0v) is 4.21. The van der Waals surface area contributed by atoms with E-state index >= 15 is 0 Å². The molecule has 7 heavy (non-hydrogen) atoms.